The first-order chi connectivity index (χ1) is 8.08. The minimum atomic E-state index is -0.265. The Bertz CT molecular complexity index is 393. The fourth-order valence-corrected chi connectivity index (χ4v) is 2.50. The van der Waals surface area contributed by atoms with E-state index in [1.807, 2.05) is 6.07 Å². The second-order valence-corrected chi connectivity index (χ2v) is 5.33. The molecule has 1 atom stereocenters. The van der Waals surface area contributed by atoms with Gasteiger partial charge in [0.05, 0.1) is 5.54 Å². The molecule has 0 aliphatic carbocycles. The van der Waals surface area contributed by atoms with Crippen molar-refractivity contribution in [2.75, 3.05) is 19.6 Å². The van der Waals surface area contributed by atoms with Crippen LogP contribution < -0.4 is 5.73 Å². The van der Waals surface area contributed by atoms with Crippen molar-refractivity contribution in [2.24, 2.45) is 5.73 Å². The van der Waals surface area contributed by atoms with Crippen molar-refractivity contribution in [3.8, 4) is 0 Å². The predicted octanol–water partition coefficient (Wildman–Crippen LogP) is 2.51. The van der Waals surface area contributed by atoms with Gasteiger partial charge in [0.1, 0.15) is 0 Å². The van der Waals surface area contributed by atoms with Crippen LogP contribution in [0.4, 0.5) is 0 Å². The molecule has 0 saturated carbocycles. The van der Waals surface area contributed by atoms with E-state index < -0.39 is 0 Å². The van der Waals surface area contributed by atoms with Crippen molar-refractivity contribution in [3.63, 3.8) is 0 Å². The molecule has 1 unspecified atom stereocenters. The van der Waals surface area contributed by atoms with Gasteiger partial charge in [-0.3, -0.25) is 4.90 Å². The zero-order valence-corrected chi connectivity index (χ0v) is 10.8. The van der Waals surface area contributed by atoms with Gasteiger partial charge in [-0.2, -0.15) is 0 Å². The molecular weight excluding hydrogens is 208 g/mol. The van der Waals surface area contributed by atoms with Crippen LogP contribution in [0.25, 0.3) is 0 Å². The van der Waals surface area contributed by atoms with E-state index in [4.69, 9.17) is 5.73 Å². The van der Waals surface area contributed by atoms with E-state index in [9.17, 15) is 0 Å². The summed E-state index contributed by atoms with van der Waals surface area (Å²) < 4.78 is 0. The lowest BCUT2D eigenvalue weighted by Gasteiger charge is -2.34. The Morgan fingerprint density at radius 3 is 2.65 bits per heavy atom. The first kappa shape index (κ1) is 12.3. The number of benzene rings is 1. The molecule has 2 N–H and O–H groups in total. The van der Waals surface area contributed by atoms with Crippen LogP contribution in [-0.2, 0) is 5.54 Å². The van der Waals surface area contributed by atoms with Gasteiger partial charge in [0.2, 0.25) is 0 Å². The summed E-state index contributed by atoms with van der Waals surface area (Å²) in [6, 6.07) is 10.4. The Morgan fingerprint density at radius 2 is 2.00 bits per heavy atom. The van der Waals surface area contributed by atoms with Crippen molar-refractivity contribution in [1.82, 2.24) is 4.90 Å². The maximum Gasteiger partial charge on any atom is 0.0510 e. The molecule has 0 bridgehead atoms. The van der Waals surface area contributed by atoms with Crippen molar-refractivity contribution in [3.05, 3.63) is 47.5 Å². The van der Waals surface area contributed by atoms with Crippen LogP contribution in [0.1, 0.15) is 25.8 Å². The summed E-state index contributed by atoms with van der Waals surface area (Å²) in [7, 11) is 0. The van der Waals surface area contributed by atoms with Gasteiger partial charge in [-0.1, -0.05) is 42.0 Å². The van der Waals surface area contributed by atoms with Gasteiger partial charge >= 0.3 is 0 Å². The Balaban J connectivity index is 2.05. The molecule has 2 rings (SSSR count). The second kappa shape index (κ2) is 5.03. The first-order valence-corrected chi connectivity index (χ1v) is 6.30. The van der Waals surface area contributed by atoms with E-state index in [0.29, 0.717) is 0 Å². The van der Waals surface area contributed by atoms with Crippen LogP contribution in [0, 0.1) is 0 Å². The number of hydrogen-bond acceptors (Lipinski definition) is 2. The summed E-state index contributed by atoms with van der Waals surface area (Å²) in [6.07, 6.45) is 3.48. The molecular formula is C15H22N2. The third kappa shape index (κ3) is 3.18. The van der Waals surface area contributed by atoms with Gasteiger partial charge in [-0.05, 0) is 25.8 Å². The Kier molecular flexibility index (Phi) is 3.65. The van der Waals surface area contributed by atoms with E-state index in [1.165, 1.54) is 11.1 Å². The molecule has 2 nitrogen and oxygen atoms in total. The quantitative estimate of drug-likeness (QED) is 0.808. The SMILES string of the molecule is CC1=CCCN(CC(C)(N)c2ccccc2)C1. The monoisotopic (exact) mass is 230 g/mol. The van der Waals surface area contributed by atoms with Crippen LogP contribution >= 0.6 is 0 Å². The maximum absolute atomic E-state index is 6.45. The van der Waals surface area contributed by atoms with E-state index in [2.05, 4.69) is 49.1 Å². The molecule has 1 aliphatic heterocycles. The van der Waals surface area contributed by atoms with E-state index >= 15 is 0 Å². The normalized spacial score (nSPS) is 20.8. The van der Waals surface area contributed by atoms with Gasteiger partial charge in [-0.15, -0.1) is 0 Å². The van der Waals surface area contributed by atoms with Crippen molar-refractivity contribution >= 4 is 0 Å². The minimum Gasteiger partial charge on any atom is -0.321 e. The lowest BCUT2D eigenvalue weighted by atomic mass is 9.92. The van der Waals surface area contributed by atoms with Gasteiger partial charge in [-0.25, -0.2) is 0 Å². The lowest BCUT2D eigenvalue weighted by Crippen LogP contribution is -2.46. The van der Waals surface area contributed by atoms with Crippen LogP contribution in [0.15, 0.2) is 42.0 Å². The van der Waals surface area contributed by atoms with Gasteiger partial charge in [0, 0.05) is 19.6 Å². The number of nitrogens with zero attached hydrogens (tertiary/aromatic N) is 1. The molecule has 0 fully saturated rings. The Hall–Kier alpha value is -1.12. The standard InChI is InChI=1S/C15H22N2/c1-13-7-6-10-17(11-13)12-15(2,16)14-8-4-3-5-9-14/h3-5,7-9H,6,10-12,16H2,1-2H3. The maximum atomic E-state index is 6.45. The summed E-state index contributed by atoms with van der Waals surface area (Å²) in [5.41, 5.74) is 8.86. The van der Waals surface area contributed by atoms with Gasteiger partial charge in [0.25, 0.3) is 0 Å². The Morgan fingerprint density at radius 1 is 1.29 bits per heavy atom. The van der Waals surface area contributed by atoms with Crippen LogP contribution in [0.5, 0.6) is 0 Å². The molecule has 1 heterocycles. The van der Waals surface area contributed by atoms with E-state index in [-0.39, 0.29) is 5.54 Å². The van der Waals surface area contributed by atoms with Gasteiger partial charge in [0.15, 0.2) is 0 Å². The topological polar surface area (TPSA) is 29.3 Å². The average Bonchev–Trinajstić information content (AvgIpc) is 2.29. The summed E-state index contributed by atoms with van der Waals surface area (Å²) >= 11 is 0. The fourth-order valence-electron chi connectivity index (χ4n) is 2.50. The zero-order valence-electron chi connectivity index (χ0n) is 10.8. The molecule has 0 saturated heterocycles. The molecule has 0 aromatic heterocycles. The summed E-state index contributed by atoms with van der Waals surface area (Å²) in [6.45, 7) is 7.41. The summed E-state index contributed by atoms with van der Waals surface area (Å²) in [4.78, 5) is 2.45. The number of hydrogen-bond donors (Lipinski definition) is 1. The van der Waals surface area contributed by atoms with Crippen LogP contribution in [-0.4, -0.2) is 24.5 Å². The van der Waals surface area contributed by atoms with Crippen LogP contribution in [0.3, 0.4) is 0 Å². The molecule has 1 aromatic rings. The zero-order chi connectivity index (χ0) is 12.3. The van der Waals surface area contributed by atoms with E-state index in [0.717, 1.165) is 26.1 Å². The highest BCUT2D eigenvalue weighted by Crippen LogP contribution is 2.20. The molecule has 0 radical (unpaired) electrons. The summed E-state index contributed by atoms with van der Waals surface area (Å²) in [5, 5.41) is 0. The molecule has 92 valence electrons. The summed E-state index contributed by atoms with van der Waals surface area (Å²) in [5.74, 6) is 0. The number of nitrogens with two attached hydrogens (primary N) is 1. The minimum absolute atomic E-state index is 0.265. The smallest absolute Gasteiger partial charge is 0.0510 e. The highest BCUT2D eigenvalue weighted by molar-refractivity contribution is 5.23. The second-order valence-electron chi connectivity index (χ2n) is 5.33. The lowest BCUT2D eigenvalue weighted by molar-refractivity contribution is 0.229. The molecule has 0 amide bonds. The van der Waals surface area contributed by atoms with Crippen molar-refractivity contribution in [1.29, 1.82) is 0 Å². The molecule has 1 aliphatic rings. The molecule has 2 heteroatoms. The molecule has 1 aromatic carbocycles. The fraction of sp³-hybridized carbons (Fsp3) is 0.467. The van der Waals surface area contributed by atoms with Crippen molar-refractivity contribution in [2.45, 2.75) is 25.8 Å². The third-order valence-corrected chi connectivity index (χ3v) is 3.40. The van der Waals surface area contributed by atoms with E-state index in [1.54, 1.807) is 0 Å². The molecule has 17 heavy (non-hydrogen) atoms. The highest BCUT2D eigenvalue weighted by atomic mass is 15.1. The number of rotatable bonds is 3. The average molecular weight is 230 g/mol. The van der Waals surface area contributed by atoms with Crippen LogP contribution in [0.2, 0.25) is 0 Å². The highest BCUT2D eigenvalue weighted by Gasteiger charge is 2.25. The predicted molar refractivity (Wildman–Crippen MR) is 72.8 cm³/mol. The Labute approximate surface area is 104 Å². The first-order valence-electron chi connectivity index (χ1n) is 6.30. The third-order valence-electron chi connectivity index (χ3n) is 3.40. The van der Waals surface area contributed by atoms with Gasteiger partial charge < -0.3 is 5.73 Å². The van der Waals surface area contributed by atoms with Crippen molar-refractivity contribution < 1.29 is 0 Å². The largest absolute Gasteiger partial charge is 0.321 e. The molecule has 0 spiro atoms.